The van der Waals surface area contributed by atoms with Gasteiger partial charge in [0.05, 0.1) is 5.56 Å². The minimum Gasteiger partial charge on any atom is -0.384 e. The largest absolute Gasteiger partial charge is 0.384 e. The second kappa shape index (κ2) is 5.54. The molecule has 19 heavy (non-hydrogen) atoms. The van der Waals surface area contributed by atoms with Crippen molar-refractivity contribution in [1.82, 2.24) is 15.2 Å². The number of nitrogen functional groups attached to an aromatic ring is 1. The minimum atomic E-state index is 0.0189. The molecule has 0 radical (unpaired) electrons. The molecule has 0 atom stereocenters. The third kappa shape index (κ3) is 3.02. The number of aryl methyl sites for hydroxylation is 1. The fourth-order valence-electron chi connectivity index (χ4n) is 1.45. The van der Waals surface area contributed by atoms with Crippen LogP contribution >= 0.6 is 23.1 Å². The van der Waals surface area contributed by atoms with Crippen LogP contribution in [0.15, 0.2) is 21.6 Å². The number of hydrogen-bond acceptors (Lipinski definition) is 7. The van der Waals surface area contributed by atoms with Crippen molar-refractivity contribution in [3.8, 4) is 0 Å². The summed E-state index contributed by atoms with van der Waals surface area (Å²) >= 11 is 2.86. The molecule has 0 bridgehead atoms. The molecule has 2 rings (SSSR count). The Labute approximate surface area is 119 Å². The number of rotatable bonds is 4. The highest BCUT2D eigenvalue weighted by atomic mass is 32.2. The monoisotopic (exact) mass is 294 g/mol. The maximum Gasteiger partial charge on any atom is 0.208 e. The first kappa shape index (κ1) is 13.8. The number of pyridine rings is 1. The van der Waals surface area contributed by atoms with E-state index in [4.69, 9.17) is 11.1 Å². The third-order valence-corrected chi connectivity index (χ3v) is 4.50. The zero-order valence-electron chi connectivity index (χ0n) is 10.8. The minimum absolute atomic E-state index is 0.0189. The lowest BCUT2D eigenvalue weighted by molar-refractivity contribution is 0.969. The molecule has 0 aliphatic heterocycles. The molecule has 0 aliphatic rings. The van der Waals surface area contributed by atoms with E-state index in [0.29, 0.717) is 10.6 Å². The van der Waals surface area contributed by atoms with Crippen LogP contribution in [0.2, 0.25) is 0 Å². The molecular weight excluding hydrogens is 280 g/mol. The van der Waals surface area contributed by atoms with Crippen LogP contribution in [-0.4, -0.2) is 35.1 Å². The molecule has 0 aliphatic carbocycles. The van der Waals surface area contributed by atoms with E-state index in [1.165, 1.54) is 23.1 Å². The smallest absolute Gasteiger partial charge is 0.208 e. The van der Waals surface area contributed by atoms with Crippen LogP contribution in [0.3, 0.4) is 0 Å². The van der Waals surface area contributed by atoms with Crippen LogP contribution in [0.1, 0.15) is 11.1 Å². The first-order valence-electron chi connectivity index (χ1n) is 5.47. The highest BCUT2D eigenvalue weighted by Crippen LogP contribution is 2.33. The van der Waals surface area contributed by atoms with Gasteiger partial charge in [0.1, 0.15) is 10.9 Å². The summed E-state index contributed by atoms with van der Waals surface area (Å²) in [5, 5.41) is 17.3. The Kier molecular flexibility index (Phi) is 4.01. The Bertz CT molecular complexity index is 607. The second-order valence-corrected chi connectivity index (χ2v) is 6.26. The molecule has 0 spiro atoms. The predicted octanol–water partition coefficient (Wildman–Crippen LogP) is 1.74. The SMILES string of the molecule is Cc1ccnc(Sc2nnc(N(C)C)s2)c1C(=N)N. The maximum absolute atomic E-state index is 7.64. The van der Waals surface area contributed by atoms with Gasteiger partial charge >= 0.3 is 0 Å². The van der Waals surface area contributed by atoms with Crippen LogP contribution < -0.4 is 10.6 Å². The number of nitrogens with one attached hydrogen (secondary N) is 1. The summed E-state index contributed by atoms with van der Waals surface area (Å²) in [6, 6.07) is 1.84. The van der Waals surface area contributed by atoms with E-state index in [1.807, 2.05) is 32.0 Å². The average molecular weight is 294 g/mol. The zero-order chi connectivity index (χ0) is 14.0. The summed E-state index contributed by atoms with van der Waals surface area (Å²) in [5.41, 5.74) is 7.21. The molecular formula is C11H14N6S2. The number of hydrogen-bond donors (Lipinski definition) is 2. The maximum atomic E-state index is 7.64. The van der Waals surface area contributed by atoms with E-state index < -0.39 is 0 Å². The first-order valence-corrected chi connectivity index (χ1v) is 7.11. The van der Waals surface area contributed by atoms with E-state index in [0.717, 1.165) is 15.0 Å². The summed E-state index contributed by atoms with van der Waals surface area (Å²) in [7, 11) is 3.84. The lowest BCUT2D eigenvalue weighted by Gasteiger charge is -2.07. The quantitative estimate of drug-likeness (QED) is 0.659. The van der Waals surface area contributed by atoms with Gasteiger partial charge in [0.15, 0.2) is 4.34 Å². The van der Waals surface area contributed by atoms with Crippen LogP contribution in [0.4, 0.5) is 5.13 Å². The van der Waals surface area contributed by atoms with Crippen molar-refractivity contribution in [3.05, 3.63) is 23.4 Å². The summed E-state index contributed by atoms with van der Waals surface area (Å²) in [4.78, 5) is 6.18. The van der Waals surface area contributed by atoms with Gasteiger partial charge in [-0.3, -0.25) is 5.41 Å². The van der Waals surface area contributed by atoms with Gasteiger partial charge in [-0.15, -0.1) is 10.2 Å². The van der Waals surface area contributed by atoms with Gasteiger partial charge in [0, 0.05) is 20.3 Å². The fourth-order valence-corrected chi connectivity index (χ4v) is 3.31. The lowest BCUT2D eigenvalue weighted by atomic mass is 10.1. The van der Waals surface area contributed by atoms with Crippen LogP contribution in [0.5, 0.6) is 0 Å². The van der Waals surface area contributed by atoms with Gasteiger partial charge in [0.2, 0.25) is 5.13 Å². The van der Waals surface area contributed by atoms with Gasteiger partial charge in [-0.05, 0) is 30.3 Å². The number of aromatic nitrogens is 3. The number of nitrogens with two attached hydrogens (primary N) is 1. The lowest BCUT2D eigenvalue weighted by Crippen LogP contribution is -2.14. The molecule has 8 heteroatoms. The van der Waals surface area contributed by atoms with E-state index in [9.17, 15) is 0 Å². The van der Waals surface area contributed by atoms with Crippen molar-refractivity contribution in [1.29, 1.82) is 5.41 Å². The van der Waals surface area contributed by atoms with Gasteiger partial charge in [-0.2, -0.15) is 0 Å². The summed E-state index contributed by atoms with van der Waals surface area (Å²) in [6.07, 6.45) is 1.71. The Morgan fingerprint density at radius 2 is 2.16 bits per heavy atom. The van der Waals surface area contributed by atoms with E-state index in [-0.39, 0.29) is 5.84 Å². The number of nitrogens with zero attached hydrogens (tertiary/aromatic N) is 4. The molecule has 0 aromatic carbocycles. The van der Waals surface area contributed by atoms with Crippen molar-refractivity contribution in [2.24, 2.45) is 5.73 Å². The molecule has 0 amide bonds. The molecule has 2 aromatic heterocycles. The highest BCUT2D eigenvalue weighted by Gasteiger charge is 2.14. The third-order valence-electron chi connectivity index (χ3n) is 2.36. The van der Waals surface area contributed by atoms with Crippen molar-refractivity contribution in [2.45, 2.75) is 16.3 Å². The summed E-state index contributed by atoms with van der Waals surface area (Å²) in [6.45, 7) is 1.91. The van der Waals surface area contributed by atoms with Gasteiger partial charge in [0.25, 0.3) is 0 Å². The van der Waals surface area contributed by atoms with Gasteiger partial charge < -0.3 is 10.6 Å². The van der Waals surface area contributed by atoms with Gasteiger partial charge in [-0.25, -0.2) is 4.98 Å². The van der Waals surface area contributed by atoms with E-state index in [1.54, 1.807) is 6.20 Å². The Morgan fingerprint density at radius 3 is 2.74 bits per heavy atom. The van der Waals surface area contributed by atoms with Crippen LogP contribution in [0.25, 0.3) is 0 Å². The molecule has 6 nitrogen and oxygen atoms in total. The highest BCUT2D eigenvalue weighted by molar-refractivity contribution is 8.01. The normalized spacial score (nSPS) is 10.5. The first-order chi connectivity index (χ1) is 8.99. The topological polar surface area (TPSA) is 91.8 Å². The van der Waals surface area contributed by atoms with Crippen molar-refractivity contribution < 1.29 is 0 Å². The Hall–Kier alpha value is -1.67. The fraction of sp³-hybridized carbons (Fsp3) is 0.273. The molecule has 3 N–H and O–H groups in total. The van der Waals surface area contributed by atoms with Crippen LogP contribution in [-0.2, 0) is 0 Å². The number of amidine groups is 1. The molecule has 2 heterocycles. The van der Waals surface area contributed by atoms with E-state index >= 15 is 0 Å². The molecule has 0 fully saturated rings. The van der Waals surface area contributed by atoms with Gasteiger partial charge in [-0.1, -0.05) is 11.3 Å². The standard InChI is InChI=1S/C11H14N6S2/c1-6-4-5-14-9(7(6)8(12)13)18-11-16-15-10(19-11)17(2)3/h4-5H,1-3H3,(H3,12,13). The summed E-state index contributed by atoms with van der Waals surface area (Å²) in [5.74, 6) is 0.0189. The Morgan fingerprint density at radius 1 is 1.42 bits per heavy atom. The molecule has 0 saturated carbocycles. The van der Waals surface area contributed by atoms with E-state index in [2.05, 4.69) is 15.2 Å². The molecule has 2 aromatic rings. The zero-order valence-corrected chi connectivity index (χ0v) is 12.5. The Balaban J connectivity index is 2.32. The van der Waals surface area contributed by atoms with Crippen molar-refractivity contribution in [2.75, 3.05) is 19.0 Å². The van der Waals surface area contributed by atoms with Crippen molar-refractivity contribution in [3.63, 3.8) is 0 Å². The molecule has 0 saturated heterocycles. The predicted molar refractivity (Wildman–Crippen MR) is 78.3 cm³/mol. The second-order valence-electron chi connectivity index (χ2n) is 4.07. The summed E-state index contributed by atoms with van der Waals surface area (Å²) < 4.78 is 0.782. The van der Waals surface area contributed by atoms with Crippen molar-refractivity contribution >= 4 is 34.1 Å². The number of anilines is 1. The molecule has 100 valence electrons. The average Bonchev–Trinajstić information content (AvgIpc) is 2.77. The molecule has 0 unspecified atom stereocenters. The van der Waals surface area contributed by atoms with Crippen LogP contribution in [0, 0.1) is 12.3 Å².